The first kappa shape index (κ1) is 8.55. The van der Waals surface area contributed by atoms with Crippen molar-refractivity contribution in [3.63, 3.8) is 0 Å². The van der Waals surface area contributed by atoms with Gasteiger partial charge < -0.3 is 4.79 Å². The molecule has 0 aliphatic rings. The number of carbonyl (C=O) groups is 1. The molecule has 0 unspecified atom stereocenters. The van der Waals surface area contributed by atoms with E-state index < -0.39 is 0 Å². The molecule has 0 bridgehead atoms. The van der Waals surface area contributed by atoms with E-state index in [4.69, 9.17) is 0 Å². The minimum atomic E-state index is 0.366. The molecule has 0 atom stereocenters. The Bertz CT molecular complexity index is 424. The van der Waals surface area contributed by atoms with Crippen LogP contribution in [0.4, 0.5) is 0 Å². The summed E-state index contributed by atoms with van der Waals surface area (Å²) >= 11 is 0. The van der Waals surface area contributed by atoms with Crippen LogP contribution in [0.2, 0.25) is 0 Å². The van der Waals surface area contributed by atoms with Crippen LogP contribution in [-0.4, -0.2) is 26.9 Å². The van der Waals surface area contributed by atoms with Crippen molar-refractivity contribution in [3.05, 3.63) is 29.8 Å². The minimum Gasteiger partial charge on any atom is -0.303 e. The van der Waals surface area contributed by atoms with Gasteiger partial charge in [0.25, 0.3) is 0 Å². The third kappa shape index (κ3) is 1.52. The second-order valence-corrected chi connectivity index (χ2v) is 2.76. The lowest BCUT2D eigenvalue weighted by molar-refractivity contribution is -0.107. The van der Waals surface area contributed by atoms with Gasteiger partial charge in [-0.05, 0) is 10.8 Å². The van der Waals surface area contributed by atoms with Crippen molar-refractivity contribution in [2.75, 3.05) is 0 Å². The van der Waals surface area contributed by atoms with Crippen molar-refractivity contribution < 1.29 is 4.79 Å². The molecule has 0 aliphatic heterocycles. The second-order valence-electron chi connectivity index (χ2n) is 2.76. The molecule has 2 aromatic rings. The van der Waals surface area contributed by atoms with Crippen molar-refractivity contribution >= 4 is 6.29 Å². The third-order valence-electron chi connectivity index (χ3n) is 1.91. The van der Waals surface area contributed by atoms with Crippen molar-refractivity contribution in [1.29, 1.82) is 0 Å². The lowest BCUT2D eigenvalue weighted by Gasteiger charge is -2.00. The summed E-state index contributed by atoms with van der Waals surface area (Å²) in [4.78, 5) is 10.4. The number of H-pyrrole nitrogens is 1. The summed E-state index contributed by atoms with van der Waals surface area (Å²) in [6, 6.07) is 7.49. The lowest BCUT2D eigenvalue weighted by Crippen LogP contribution is -1.92. The van der Waals surface area contributed by atoms with Crippen LogP contribution in [-0.2, 0) is 11.2 Å². The lowest BCUT2D eigenvalue weighted by atomic mass is 10.1. The predicted octanol–water partition coefficient (Wildman–Crippen LogP) is 0.608. The SMILES string of the molecule is O=CCc1ccccc1-c1nn[nH]n1. The van der Waals surface area contributed by atoms with E-state index >= 15 is 0 Å². The molecule has 1 heterocycles. The van der Waals surface area contributed by atoms with E-state index in [9.17, 15) is 4.79 Å². The molecule has 1 aromatic carbocycles. The zero-order valence-electron chi connectivity index (χ0n) is 7.34. The largest absolute Gasteiger partial charge is 0.303 e. The highest BCUT2D eigenvalue weighted by Crippen LogP contribution is 2.18. The summed E-state index contributed by atoms with van der Waals surface area (Å²) in [5.74, 6) is 0.516. The summed E-state index contributed by atoms with van der Waals surface area (Å²) in [5, 5.41) is 13.6. The zero-order chi connectivity index (χ0) is 9.80. The van der Waals surface area contributed by atoms with Gasteiger partial charge in [0.1, 0.15) is 6.29 Å². The van der Waals surface area contributed by atoms with Crippen LogP contribution in [0.3, 0.4) is 0 Å². The average molecular weight is 188 g/mol. The first-order valence-corrected chi connectivity index (χ1v) is 4.17. The number of carbonyl (C=O) groups excluding carboxylic acids is 1. The van der Waals surface area contributed by atoms with Crippen LogP contribution >= 0.6 is 0 Å². The molecule has 0 aliphatic carbocycles. The van der Waals surface area contributed by atoms with E-state index in [0.29, 0.717) is 12.2 Å². The van der Waals surface area contributed by atoms with Crippen LogP contribution in [0.1, 0.15) is 5.56 Å². The molecular weight excluding hydrogens is 180 g/mol. The number of rotatable bonds is 3. The summed E-state index contributed by atoms with van der Waals surface area (Å²) in [5.41, 5.74) is 1.75. The van der Waals surface area contributed by atoms with E-state index in [1.54, 1.807) is 0 Å². The molecular formula is C9H8N4O. The number of hydrogen-bond acceptors (Lipinski definition) is 4. The van der Waals surface area contributed by atoms with E-state index in [0.717, 1.165) is 17.4 Å². The topological polar surface area (TPSA) is 71.5 Å². The molecule has 0 saturated heterocycles. The quantitative estimate of drug-likeness (QED) is 0.716. The number of benzene rings is 1. The van der Waals surface area contributed by atoms with Crippen LogP contribution in [0.5, 0.6) is 0 Å². The van der Waals surface area contributed by atoms with Gasteiger partial charge in [-0.2, -0.15) is 5.21 Å². The van der Waals surface area contributed by atoms with Gasteiger partial charge in [0.05, 0.1) is 0 Å². The van der Waals surface area contributed by atoms with Gasteiger partial charge in [-0.3, -0.25) is 0 Å². The molecule has 2 rings (SSSR count). The average Bonchev–Trinajstić information content (AvgIpc) is 2.72. The molecule has 1 N–H and O–H groups in total. The van der Waals surface area contributed by atoms with Crippen molar-refractivity contribution in [3.8, 4) is 11.4 Å². The van der Waals surface area contributed by atoms with Crippen molar-refractivity contribution in [2.45, 2.75) is 6.42 Å². The number of tetrazole rings is 1. The maximum absolute atomic E-state index is 10.4. The zero-order valence-corrected chi connectivity index (χ0v) is 7.34. The highest BCUT2D eigenvalue weighted by atomic mass is 16.1. The molecule has 0 amide bonds. The number of aromatic nitrogens is 4. The Morgan fingerprint density at radius 3 is 2.93 bits per heavy atom. The summed E-state index contributed by atoms with van der Waals surface area (Å²) in [6.07, 6.45) is 1.23. The van der Waals surface area contributed by atoms with Gasteiger partial charge in [0.2, 0.25) is 5.82 Å². The molecule has 70 valence electrons. The van der Waals surface area contributed by atoms with E-state index in [1.807, 2.05) is 24.3 Å². The highest BCUT2D eigenvalue weighted by molar-refractivity contribution is 5.66. The third-order valence-corrected chi connectivity index (χ3v) is 1.91. The number of aldehydes is 1. The van der Waals surface area contributed by atoms with Crippen LogP contribution in [0, 0.1) is 0 Å². The van der Waals surface area contributed by atoms with Crippen molar-refractivity contribution in [2.24, 2.45) is 0 Å². The Hall–Kier alpha value is -2.04. The van der Waals surface area contributed by atoms with Gasteiger partial charge >= 0.3 is 0 Å². The van der Waals surface area contributed by atoms with Gasteiger partial charge in [0.15, 0.2) is 0 Å². The number of nitrogens with one attached hydrogen (secondary N) is 1. The Balaban J connectivity index is 2.46. The summed E-state index contributed by atoms with van der Waals surface area (Å²) in [7, 11) is 0. The molecule has 0 spiro atoms. The second kappa shape index (κ2) is 3.78. The standard InChI is InChI=1S/C9H8N4O/c14-6-5-7-3-1-2-4-8(7)9-10-12-13-11-9/h1-4,6H,5H2,(H,10,11,12,13). The molecule has 0 radical (unpaired) electrons. The van der Waals surface area contributed by atoms with Gasteiger partial charge in [0, 0.05) is 12.0 Å². The maximum Gasteiger partial charge on any atom is 0.204 e. The first-order chi connectivity index (χ1) is 6.92. The normalized spacial score (nSPS) is 10.0. The smallest absolute Gasteiger partial charge is 0.204 e. The highest BCUT2D eigenvalue weighted by Gasteiger charge is 2.07. The predicted molar refractivity (Wildman–Crippen MR) is 49.4 cm³/mol. The van der Waals surface area contributed by atoms with E-state index in [1.165, 1.54) is 0 Å². The fraction of sp³-hybridized carbons (Fsp3) is 0.111. The van der Waals surface area contributed by atoms with Gasteiger partial charge in [-0.25, -0.2) is 0 Å². The number of aromatic amines is 1. The van der Waals surface area contributed by atoms with Crippen molar-refractivity contribution in [1.82, 2.24) is 20.6 Å². The van der Waals surface area contributed by atoms with E-state index in [2.05, 4.69) is 20.6 Å². The Morgan fingerprint density at radius 1 is 1.36 bits per heavy atom. The molecule has 0 saturated carbocycles. The monoisotopic (exact) mass is 188 g/mol. The molecule has 14 heavy (non-hydrogen) atoms. The van der Waals surface area contributed by atoms with Gasteiger partial charge in [-0.15, -0.1) is 10.2 Å². The Kier molecular flexibility index (Phi) is 2.31. The number of hydrogen-bond donors (Lipinski definition) is 1. The minimum absolute atomic E-state index is 0.366. The molecule has 5 heteroatoms. The summed E-state index contributed by atoms with van der Waals surface area (Å²) < 4.78 is 0. The first-order valence-electron chi connectivity index (χ1n) is 4.17. The molecule has 5 nitrogen and oxygen atoms in total. The van der Waals surface area contributed by atoms with Crippen LogP contribution in [0.25, 0.3) is 11.4 Å². The van der Waals surface area contributed by atoms with Crippen LogP contribution in [0.15, 0.2) is 24.3 Å². The Labute approximate surface area is 80.2 Å². The fourth-order valence-electron chi connectivity index (χ4n) is 1.28. The van der Waals surface area contributed by atoms with Crippen LogP contribution < -0.4 is 0 Å². The Morgan fingerprint density at radius 2 is 2.21 bits per heavy atom. The number of nitrogens with zero attached hydrogens (tertiary/aromatic N) is 3. The van der Waals surface area contributed by atoms with E-state index in [-0.39, 0.29) is 0 Å². The maximum atomic E-state index is 10.4. The fourth-order valence-corrected chi connectivity index (χ4v) is 1.28. The molecule has 1 aromatic heterocycles. The molecule has 0 fully saturated rings. The van der Waals surface area contributed by atoms with Gasteiger partial charge in [-0.1, -0.05) is 24.3 Å². The summed E-state index contributed by atoms with van der Waals surface area (Å²) in [6.45, 7) is 0.